The van der Waals surface area contributed by atoms with Gasteiger partial charge in [-0.1, -0.05) is 68.1 Å². The molecule has 0 aromatic heterocycles. The van der Waals surface area contributed by atoms with E-state index in [0.29, 0.717) is 29.7 Å². The van der Waals surface area contributed by atoms with E-state index in [1.54, 1.807) is 12.1 Å². The van der Waals surface area contributed by atoms with Crippen LogP contribution in [0.1, 0.15) is 41.3 Å². The van der Waals surface area contributed by atoms with Crippen LogP contribution in [0.2, 0.25) is 0 Å². The third-order valence-corrected chi connectivity index (χ3v) is 4.71. The largest absolute Gasteiger partial charge is 0.402 e. The van der Waals surface area contributed by atoms with Crippen LogP contribution in [0, 0.1) is 11.8 Å². The smallest absolute Gasteiger partial charge is 0.220 e. The number of nitrogens with two attached hydrogens (primary N) is 2. The molecule has 4 nitrogen and oxygen atoms in total. The highest BCUT2D eigenvalue weighted by molar-refractivity contribution is 6.08. The van der Waals surface area contributed by atoms with E-state index < -0.39 is 0 Å². The standard InChI is InChI=1S/C22H26N2O2/c1-15(16(2)23)14-20(22(24)26)13-10-17-8-11-19(12-9-17)21(25)18-6-4-3-5-7-18/h3-9,11-12,15,20H,2,10,13-14,23H2,1H3,(H2,24,26). The fourth-order valence-electron chi connectivity index (χ4n) is 2.87. The summed E-state index contributed by atoms with van der Waals surface area (Å²) in [5.74, 6) is -0.495. The zero-order valence-corrected chi connectivity index (χ0v) is 15.2. The minimum atomic E-state index is -0.311. The minimum Gasteiger partial charge on any atom is -0.402 e. The zero-order valence-electron chi connectivity index (χ0n) is 15.2. The molecule has 2 aromatic carbocycles. The SMILES string of the molecule is C=C(N)C(C)CC(CCc1ccc(C(=O)c2ccccc2)cc1)C(N)=O. The van der Waals surface area contributed by atoms with Crippen LogP contribution in [0.4, 0.5) is 0 Å². The van der Waals surface area contributed by atoms with Gasteiger partial charge in [0.2, 0.25) is 5.91 Å². The number of aryl methyl sites for hydroxylation is 1. The maximum atomic E-state index is 12.4. The van der Waals surface area contributed by atoms with Crippen molar-refractivity contribution >= 4 is 11.7 Å². The van der Waals surface area contributed by atoms with E-state index in [-0.39, 0.29) is 23.5 Å². The predicted molar refractivity (Wildman–Crippen MR) is 104 cm³/mol. The van der Waals surface area contributed by atoms with Crippen molar-refractivity contribution in [1.29, 1.82) is 0 Å². The highest BCUT2D eigenvalue weighted by Gasteiger charge is 2.19. The third kappa shape index (κ3) is 5.31. The van der Waals surface area contributed by atoms with Gasteiger partial charge in [0.05, 0.1) is 0 Å². The normalized spacial score (nSPS) is 13.0. The van der Waals surface area contributed by atoms with Crippen LogP contribution in [0.25, 0.3) is 0 Å². The van der Waals surface area contributed by atoms with E-state index in [0.717, 1.165) is 12.0 Å². The summed E-state index contributed by atoms with van der Waals surface area (Å²) in [5, 5.41) is 0. The first kappa shape index (κ1) is 19.4. The molecule has 136 valence electrons. The number of benzene rings is 2. The Morgan fingerprint density at radius 3 is 2.08 bits per heavy atom. The van der Waals surface area contributed by atoms with Crippen molar-refractivity contribution in [3.63, 3.8) is 0 Å². The van der Waals surface area contributed by atoms with Gasteiger partial charge in [-0.3, -0.25) is 9.59 Å². The molecule has 2 aromatic rings. The molecular formula is C22H26N2O2. The van der Waals surface area contributed by atoms with Gasteiger partial charge < -0.3 is 11.5 Å². The Hall–Kier alpha value is -2.88. The fraction of sp³-hybridized carbons (Fsp3) is 0.273. The summed E-state index contributed by atoms with van der Waals surface area (Å²) in [6.45, 7) is 5.68. The molecule has 2 rings (SSSR count). The van der Waals surface area contributed by atoms with Crippen molar-refractivity contribution < 1.29 is 9.59 Å². The van der Waals surface area contributed by atoms with Crippen LogP contribution < -0.4 is 11.5 Å². The molecule has 0 bridgehead atoms. The molecule has 2 atom stereocenters. The van der Waals surface area contributed by atoms with Gasteiger partial charge in [-0.15, -0.1) is 0 Å². The molecule has 0 saturated carbocycles. The lowest BCUT2D eigenvalue weighted by Gasteiger charge is -2.18. The van der Waals surface area contributed by atoms with E-state index in [9.17, 15) is 9.59 Å². The van der Waals surface area contributed by atoms with E-state index in [4.69, 9.17) is 11.5 Å². The summed E-state index contributed by atoms with van der Waals surface area (Å²) < 4.78 is 0. The molecular weight excluding hydrogens is 324 g/mol. The molecule has 4 N–H and O–H groups in total. The topological polar surface area (TPSA) is 86.2 Å². The van der Waals surface area contributed by atoms with Crippen LogP contribution in [0.15, 0.2) is 66.9 Å². The number of hydrogen-bond acceptors (Lipinski definition) is 3. The Labute approximate surface area is 154 Å². The van der Waals surface area contributed by atoms with E-state index >= 15 is 0 Å². The lowest BCUT2D eigenvalue weighted by molar-refractivity contribution is -0.122. The Bertz CT molecular complexity index is 766. The summed E-state index contributed by atoms with van der Waals surface area (Å²) >= 11 is 0. The lowest BCUT2D eigenvalue weighted by atomic mass is 9.88. The Balaban J connectivity index is 1.99. The van der Waals surface area contributed by atoms with Gasteiger partial charge in [-0.25, -0.2) is 0 Å². The molecule has 26 heavy (non-hydrogen) atoms. The molecule has 2 unspecified atom stereocenters. The maximum absolute atomic E-state index is 12.4. The number of hydrogen-bond donors (Lipinski definition) is 2. The average Bonchev–Trinajstić information content (AvgIpc) is 2.65. The first-order chi connectivity index (χ1) is 12.4. The molecule has 0 aliphatic rings. The summed E-state index contributed by atoms with van der Waals surface area (Å²) in [5.41, 5.74) is 14.2. The number of primary amides is 1. The molecule has 0 radical (unpaired) electrons. The van der Waals surface area contributed by atoms with Gasteiger partial charge in [0.25, 0.3) is 0 Å². The second-order valence-electron chi connectivity index (χ2n) is 6.74. The number of amides is 1. The Morgan fingerprint density at radius 2 is 1.54 bits per heavy atom. The first-order valence-electron chi connectivity index (χ1n) is 8.80. The van der Waals surface area contributed by atoms with E-state index in [1.165, 1.54) is 0 Å². The second-order valence-corrected chi connectivity index (χ2v) is 6.74. The molecule has 0 fully saturated rings. The van der Waals surface area contributed by atoms with Crippen LogP contribution in [-0.2, 0) is 11.2 Å². The van der Waals surface area contributed by atoms with Gasteiger partial charge in [-0.2, -0.15) is 0 Å². The molecule has 1 amide bonds. The number of allylic oxidation sites excluding steroid dienone is 1. The van der Waals surface area contributed by atoms with Gasteiger partial charge in [0, 0.05) is 22.7 Å². The van der Waals surface area contributed by atoms with Gasteiger partial charge in [0.15, 0.2) is 5.78 Å². The van der Waals surface area contributed by atoms with Crippen LogP contribution in [0.5, 0.6) is 0 Å². The minimum absolute atomic E-state index is 0.00226. The van der Waals surface area contributed by atoms with Crippen LogP contribution in [-0.4, -0.2) is 11.7 Å². The van der Waals surface area contributed by atoms with E-state index in [1.807, 2.05) is 49.4 Å². The fourth-order valence-corrected chi connectivity index (χ4v) is 2.87. The Morgan fingerprint density at radius 1 is 0.962 bits per heavy atom. The maximum Gasteiger partial charge on any atom is 0.220 e. The third-order valence-electron chi connectivity index (χ3n) is 4.71. The summed E-state index contributed by atoms with van der Waals surface area (Å²) in [6.07, 6.45) is 1.98. The average molecular weight is 350 g/mol. The zero-order chi connectivity index (χ0) is 19.1. The van der Waals surface area contributed by atoms with Crippen molar-refractivity contribution in [1.82, 2.24) is 0 Å². The second kappa shape index (κ2) is 8.99. The van der Waals surface area contributed by atoms with Crippen molar-refractivity contribution in [2.45, 2.75) is 26.2 Å². The highest BCUT2D eigenvalue weighted by atomic mass is 16.1. The monoisotopic (exact) mass is 350 g/mol. The molecule has 0 heterocycles. The lowest BCUT2D eigenvalue weighted by Crippen LogP contribution is -2.26. The van der Waals surface area contributed by atoms with Crippen molar-refractivity contribution in [3.8, 4) is 0 Å². The van der Waals surface area contributed by atoms with Crippen molar-refractivity contribution in [2.24, 2.45) is 23.3 Å². The molecule has 0 aliphatic heterocycles. The molecule has 0 spiro atoms. The predicted octanol–water partition coefficient (Wildman–Crippen LogP) is 3.45. The number of carbonyl (C=O) groups excluding carboxylic acids is 2. The Kier molecular flexibility index (Phi) is 6.73. The highest BCUT2D eigenvalue weighted by Crippen LogP contribution is 2.21. The number of rotatable bonds is 9. The van der Waals surface area contributed by atoms with Gasteiger partial charge in [0.1, 0.15) is 0 Å². The summed E-state index contributed by atoms with van der Waals surface area (Å²) in [4.78, 5) is 24.1. The van der Waals surface area contributed by atoms with Gasteiger partial charge >= 0.3 is 0 Å². The quantitative estimate of drug-likeness (QED) is 0.679. The summed E-state index contributed by atoms with van der Waals surface area (Å²) in [6, 6.07) is 16.7. The number of carbonyl (C=O) groups is 2. The number of ketones is 1. The van der Waals surface area contributed by atoms with Crippen molar-refractivity contribution in [3.05, 3.63) is 83.6 Å². The van der Waals surface area contributed by atoms with E-state index in [2.05, 4.69) is 6.58 Å². The molecule has 4 heteroatoms. The molecule has 0 saturated heterocycles. The summed E-state index contributed by atoms with van der Waals surface area (Å²) in [7, 11) is 0. The van der Waals surface area contributed by atoms with Crippen molar-refractivity contribution in [2.75, 3.05) is 0 Å². The van der Waals surface area contributed by atoms with Crippen LogP contribution in [0.3, 0.4) is 0 Å². The van der Waals surface area contributed by atoms with Crippen LogP contribution >= 0.6 is 0 Å². The molecule has 0 aliphatic carbocycles. The van der Waals surface area contributed by atoms with Gasteiger partial charge in [-0.05, 0) is 30.7 Å². The first-order valence-corrected chi connectivity index (χ1v) is 8.80.